The predicted octanol–water partition coefficient (Wildman–Crippen LogP) is -0.339. The van der Waals surface area contributed by atoms with Crippen LogP contribution in [0, 0.1) is 0 Å². The Morgan fingerprint density at radius 2 is 2.26 bits per heavy atom. The van der Waals surface area contributed by atoms with Crippen LogP contribution in [0.4, 0.5) is 5.95 Å². The fraction of sp³-hybridized carbons (Fsp3) is 0.545. The van der Waals surface area contributed by atoms with Crippen molar-refractivity contribution in [3.63, 3.8) is 0 Å². The predicted molar refractivity (Wildman–Crippen MR) is 68.5 cm³/mol. The molecule has 3 rings (SSSR count). The highest BCUT2D eigenvalue weighted by molar-refractivity contribution is 7.91. The van der Waals surface area contributed by atoms with Gasteiger partial charge in [0, 0.05) is 19.3 Å². The van der Waals surface area contributed by atoms with E-state index in [9.17, 15) is 13.2 Å². The zero-order valence-electron chi connectivity index (χ0n) is 10.5. The zero-order valence-corrected chi connectivity index (χ0v) is 11.3. The number of nitrogens with one attached hydrogen (secondary N) is 1. The van der Waals surface area contributed by atoms with Gasteiger partial charge in [-0.15, -0.1) is 0 Å². The van der Waals surface area contributed by atoms with E-state index in [1.165, 1.54) is 6.20 Å². The minimum absolute atomic E-state index is 0.0546. The van der Waals surface area contributed by atoms with Gasteiger partial charge in [0.2, 0.25) is 5.95 Å². The number of anilines is 1. The lowest BCUT2D eigenvalue weighted by Crippen LogP contribution is -2.36. The van der Waals surface area contributed by atoms with Crippen LogP contribution in [-0.4, -0.2) is 53.8 Å². The molecule has 0 unspecified atom stereocenters. The van der Waals surface area contributed by atoms with E-state index in [1.807, 2.05) is 0 Å². The van der Waals surface area contributed by atoms with Crippen LogP contribution in [0.5, 0.6) is 0 Å². The van der Waals surface area contributed by atoms with Gasteiger partial charge in [0.1, 0.15) is 0 Å². The molecule has 7 nitrogen and oxygen atoms in total. The van der Waals surface area contributed by atoms with Crippen molar-refractivity contribution < 1.29 is 13.2 Å². The van der Waals surface area contributed by atoms with E-state index >= 15 is 0 Å². The van der Waals surface area contributed by atoms with Crippen LogP contribution in [0.2, 0.25) is 0 Å². The number of amides is 1. The molecule has 1 aromatic heterocycles. The van der Waals surface area contributed by atoms with Crippen molar-refractivity contribution in [1.29, 1.82) is 0 Å². The van der Waals surface area contributed by atoms with Crippen LogP contribution in [0.3, 0.4) is 0 Å². The molecule has 19 heavy (non-hydrogen) atoms. The van der Waals surface area contributed by atoms with Crippen LogP contribution in [-0.2, 0) is 16.4 Å². The van der Waals surface area contributed by atoms with Crippen LogP contribution in [0.25, 0.3) is 0 Å². The SMILES string of the molecule is CNc1ncc2c(n1)CN([C@@H]1CCS(=O)(=O)C1)C2=O. The second-order valence-corrected chi connectivity index (χ2v) is 7.02. The molecule has 1 atom stereocenters. The second kappa shape index (κ2) is 4.16. The molecule has 0 aromatic carbocycles. The third-order valence-electron chi connectivity index (χ3n) is 3.55. The largest absolute Gasteiger partial charge is 0.357 e. The summed E-state index contributed by atoms with van der Waals surface area (Å²) >= 11 is 0. The monoisotopic (exact) mass is 282 g/mol. The van der Waals surface area contributed by atoms with Crippen LogP contribution >= 0.6 is 0 Å². The maximum atomic E-state index is 12.2. The minimum Gasteiger partial charge on any atom is -0.357 e. The maximum Gasteiger partial charge on any atom is 0.257 e. The quantitative estimate of drug-likeness (QED) is 0.798. The molecule has 2 aliphatic heterocycles. The fourth-order valence-electron chi connectivity index (χ4n) is 2.54. The van der Waals surface area contributed by atoms with Crippen molar-refractivity contribution in [2.75, 3.05) is 23.9 Å². The van der Waals surface area contributed by atoms with E-state index in [-0.39, 0.29) is 23.5 Å². The van der Waals surface area contributed by atoms with Gasteiger partial charge in [0.05, 0.1) is 29.3 Å². The normalized spacial score (nSPS) is 24.6. The third kappa shape index (κ3) is 2.05. The van der Waals surface area contributed by atoms with Crippen molar-refractivity contribution >= 4 is 21.7 Å². The van der Waals surface area contributed by atoms with E-state index in [0.29, 0.717) is 30.2 Å². The van der Waals surface area contributed by atoms with Gasteiger partial charge in [-0.2, -0.15) is 0 Å². The standard InChI is InChI=1S/C11H14N4O3S/c1-12-11-13-4-8-9(14-11)5-15(10(8)16)7-2-3-19(17,18)6-7/h4,7H,2-3,5-6H2,1H3,(H,12,13,14)/t7-/m1/s1. The molecule has 2 aliphatic rings. The Kier molecular flexibility index (Phi) is 2.70. The molecule has 1 amide bonds. The smallest absolute Gasteiger partial charge is 0.257 e. The third-order valence-corrected chi connectivity index (χ3v) is 5.30. The van der Waals surface area contributed by atoms with Gasteiger partial charge in [-0.3, -0.25) is 4.79 Å². The highest BCUT2D eigenvalue weighted by Gasteiger charge is 2.39. The number of fused-ring (bicyclic) bond motifs is 1. The Balaban J connectivity index is 1.87. The first-order valence-corrected chi connectivity index (χ1v) is 7.87. The Labute approximate surface area is 111 Å². The van der Waals surface area contributed by atoms with Gasteiger partial charge in [-0.25, -0.2) is 18.4 Å². The summed E-state index contributed by atoms with van der Waals surface area (Å²) in [6.45, 7) is 0.367. The van der Waals surface area contributed by atoms with E-state index in [2.05, 4.69) is 15.3 Å². The Morgan fingerprint density at radius 1 is 1.47 bits per heavy atom. The van der Waals surface area contributed by atoms with Gasteiger partial charge >= 0.3 is 0 Å². The Bertz CT molecular complexity index is 643. The average Bonchev–Trinajstić information content (AvgIpc) is 2.89. The molecule has 8 heteroatoms. The number of hydrogen-bond donors (Lipinski definition) is 1. The average molecular weight is 282 g/mol. The lowest BCUT2D eigenvalue weighted by molar-refractivity contribution is 0.0721. The molecular weight excluding hydrogens is 268 g/mol. The summed E-state index contributed by atoms with van der Waals surface area (Å²) in [4.78, 5) is 22.1. The number of rotatable bonds is 2. The first-order valence-electron chi connectivity index (χ1n) is 6.05. The first kappa shape index (κ1) is 12.3. The fourth-order valence-corrected chi connectivity index (χ4v) is 4.27. The molecule has 0 bridgehead atoms. The number of sulfone groups is 1. The first-order chi connectivity index (χ1) is 9.00. The highest BCUT2D eigenvalue weighted by atomic mass is 32.2. The summed E-state index contributed by atoms with van der Waals surface area (Å²) in [5, 5.41) is 2.82. The molecule has 0 aliphatic carbocycles. The van der Waals surface area contributed by atoms with Crippen molar-refractivity contribution in [1.82, 2.24) is 14.9 Å². The minimum atomic E-state index is -3.00. The number of carbonyl (C=O) groups excluding carboxylic acids is 1. The summed E-state index contributed by atoms with van der Waals surface area (Å²) in [5.74, 6) is 0.511. The van der Waals surface area contributed by atoms with Gasteiger partial charge in [0.15, 0.2) is 9.84 Å². The molecule has 0 radical (unpaired) electrons. The van der Waals surface area contributed by atoms with Crippen LogP contribution < -0.4 is 5.32 Å². The van der Waals surface area contributed by atoms with Crippen LogP contribution in [0.15, 0.2) is 6.20 Å². The van der Waals surface area contributed by atoms with Gasteiger partial charge < -0.3 is 10.2 Å². The summed E-state index contributed by atoms with van der Waals surface area (Å²) in [7, 11) is -1.29. The van der Waals surface area contributed by atoms with Crippen molar-refractivity contribution in [2.45, 2.75) is 19.0 Å². The van der Waals surface area contributed by atoms with Crippen molar-refractivity contribution in [2.24, 2.45) is 0 Å². The molecule has 3 heterocycles. The molecule has 1 saturated heterocycles. The number of carbonyl (C=O) groups is 1. The zero-order chi connectivity index (χ0) is 13.6. The lowest BCUT2D eigenvalue weighted by atomic mass is 10.2. The number of aromatic nitrogens is 2. The molecular formula is C11H14N4O3S. The molecule has 0 saturated carbocycles. The van der Waals surface area contributed by atoms with Gasteiger partial charge in [-0.05, 0) is 6.42 Å². The van der Waals surface area contributed by atoms with Crippen molar-refractivity contribution in [3.8, 4) is 0 Å². The Hall–Kier alpha value is -1.70. The Morgan fingerprint density at radius 3 is 2.89 bits per heavy atom. The molecule has 1 aromatic rings. The molecule has 102 valence electrons. The van der Waals surface area contributed by atoms with E-state index < -0.39 is 9.84 Å². The van der Waals surface area contributed by atoms with E-state index in [0.717, 1.165) is 0 Å². The van der Waals surface area contributed by atoms with Crippen LogP contribution in [0.1, 0.15) is 22.5 Å². The van der Waals surface area contributed by atoms with E-state index in [1.54, 1.807) is 11.9 Å². The highest BCUT2D eigenvalue weighted by Crippen LogP contribution is 2.27. The van der Waals surface area contributed by atoms with Gasteiger partial charge in [0.25, 0.3) is 5.91 Å². The maximum absolute atomic E-state index is 12.2. The summed E-state index contributed by atoms with van der Waals surface area (Å²) in [5.41, 5.74) is 1.14. The lowest BCUT2D eigenvalue weighted by Gasteiger charge is -2.21. The van der Waals surface area contributed by atoms with Gasteiger partial charge in [-0.1, -0.05) is 0 Å². The number of nitrogens with zero attached hydrogens (tertiary/aromatic N) is 3. The topological polar surface area (TPSA) is 92.3 Å². The summed E-state index contributed by atoms with van der Waals surface area (Å²) in [6.07, 6.45) is 2.01. The summed E-state index contributed by atoms with van der Waals surface area (Å²) < 4.78 is 23.0. The molecule has 0 spiro atoms. The van der Waals surface area contributed by atoms with Crippen molar-refractivity contribution in [3.05, 3.63) is 17.5 Å². The number of hydrogen-bond acceptors (Lipinski definition) is 6. The molecule has 1 fully saturated rings. The second-order valence-electron chi connectivity index (χ2n) is 4.79. The molecule has 1 N–H and O–H groups in total. The summed E-state index contributed by atoms with van der Waals surface area (Å²) in [6, 6.07) is -0.232. The van der Waals surface area contributed by atoms with E-state index in [4.69, 9.17) is 0 Å².